The van der Waals surface area contributed by atoms with Crippen LogP contribution in [0.3, 0.4) is 0 Å². The molecule has 28 heavy (non-hydrogen) atoms. The van der Waals surface area contributed by atoms with Crippen LogP contribution in [0.2, 0.25) is 0 Å². The SMILES string of the molecule is COC(=O)c1ccc(O[C@@H](C)c2nc3sc(C)c(C)c3c(=O)[nH]2)c([N+](=O)[O-])c1. The van der Waals surface area contributed by atoms with Gasteiger partial charge in [0.25, 0.3) is 5.56 Å². The number of ether oxygens (including phenoxy) is 2. The molecule has 0 amide bonds. The average Bonchev–Trinajstić information content (AvgIpc) is 2.95. The van der Waals surface area contributed by atoms with Gasteiger partial charge in [-0.25, -0.2) is 9.78 Å². The molecular formula is C18H17N3O6S. The fourth-order valence-electron chi connectivity index (χ4n) is 2.71. The number of aryl methyl sites for hydroxylation is 2. The molecule has 1 atom stereocenters. The van der Waals surface area contributed by atoms with Gasteiger partial charge >= 0.3 is 11.7 Å². The molecular weight excluding hydrogens is 386 g/mol. The first-order valence-electron chi connectivity index (χ1n) is 8.26. The Morgan fingerprint density at radius 2 is 2.07 bits per heavy atom. The third-order valence-corrected chi connectivity index (χ3v) is 5.42. The molecule has 0 unspecified atom stereocenters. The molecule has 2 heterocycles. The molecule has 0 spiro atoms. The zero-order valence-electron chi connectivity index (χ0n) is 15.6. The van der Waals surface area contributed by atoms with Crippen molar-refractivity contribution in [3.8, 4) is 5.75 Å². The van der Waals surface area contributed by atoms with Crippen LogP contribution in [0.4, 0.5) is 5.69 Å². The smallest absolute Gasteiger partial charge is 0.338 e. The number of carbonyl (C=O) groups is 1. The van der Waals surface area contributed by atoms with Crippen LogP contribution in [0.25, 0.3) is 10.2 Å². The second-order valence-electron chi connectivity index (χ2n) is 6.11. The number of rotatable bonds is 5. The summed E-state index contributed by atoms with van der Waals surface area (Å²) in [5, 5.41) is 11.9. The maximum atomic E-state index is 12.4. The average molecular weight is 403 g/mol. The zero-order valence-corrected chi connectivity index (χ0v) is 16.4. The molecule has 0 bridgehead atoms. The Bertz CT molecular complexity index is 1150. The number of thiophene rings is 1. The lowest BCUT2D eigenvalue weighted by molar-refractivity contribution is -0.386. The van der Waals surface area contributed by atoms with Crippen molar-refractivity contribution in [1.82, 2.24) is 9.97 Å². The number of fused-ring (bicyclic) bond motifs is 1. The van der Waals surface area contributed by atoms with Crippen molar-refractivity contribution >= 4 is 33.2 Å². The Morgan fingerprint density at radius 3 is 2.71 bits per heavy atom. The maximum absolute atomic E-state index is 12.4. The molecule has 3 rings (SSSR count). The van der Waals surface area contributed by atoms with Crippen LogP contribution in [-0.2, 0) is 4.74 Å². The molecule has 10 heteroatoms. The second kappa shape index (κ2) is 7.39. The molecule has 0 radical (unpaired) electrons. The minimum atomic E-state index is -0.762. The van der Waals surface area contributed by atoms with Crippen molar-refractivity contribution in [2.45, 2.75) is 26.9 Å². The lowest BCUT2D eigenvalue weighted by atomic mass is 10.2. The molecule has 0 saturated carbocycles. The van der Waals surface area contributed by atoms with Crippen LogP contribution in [-0.4, -0.2) is 28.0 Å². The number of carbonyl (C=O) groups excluding carboxylic acids is 1. The minimum Gasteiger partial charge on any atom is -0.476 e. The first-order valence-corrected chi connectivity index (χ1v) is 9.08. The summed E-state index contributed by atoms with van der Waals surface area (Å²) in [6, 6.07) is 3.77. The van der Waals surface area contributed by atoms with E-state index in [2.05, 4.69) is 14.7 Å². The summed E-state index contributed by atoms with van der Waals surface area (Å²) >= 11 is 1.40. The van der Waals surface area contributed by atoms with Gasteiger partial charge in [0.05, 0.1) is 23.0 Å². The molecule has 0 aliphatic heterocycles. The van der Waals surface area contributed by atoms with Crippen molar-refractivity contribution in [2.24, 2.45) is 0 Å². The third-order valence-electron chi connectivity index (χ3n) is 4.32. The largest absolute Gasteiger partial charge is 0.476 e. The normalized spacial score (nSPS) is 12.0. The van der Waals surface area contributed by atoms with Gasteiger partial charge in [0.1, 0.15) is 4.83 Å². The Balaban J connectivity index is 1.98. The van der Waals surface area contributed by atoms with Crippen molar-refractivity contribution in [2.75, 3.05) is 7.11 Å². The number of nitrogens with zero attached hydrogens (tertiary/aromatic N) is 2. The number of H-pyrrole nitrogens is 1. The van der Waals surface area contributed by atoms with Crippen LogP contribution in [0, 0.1) is 24.0 Å². The molecule has 9 nitrogen and oxygen atoms in total. The van der Waals surface area contributed by atoms with Crippen LogP contribution < -0.4 is 10.3 Å². The number of nitrogens with one attached hydrogen (secondary N) is 1. The van der Waals surface area contributed by atoms with E-state index in [0.717, 1.165) is 16.5 Å². The molecule has 2 aromatic heterocycles. The summed E-state index contributed by atoms with van der Waals surface area (Å²) in [5.74, 6) is -0.487. The van der Waals surface area contributed by atoms with Gasteiger partial charge in [-0.15, -0.1) is 11.3 Å². The molecule has 0 saturated heterocycles. The van der Waals surface area contributed by atoms with E-state index < -0.39 is 17.0 Å². The van der Waals surface area contributed by atoms with Crippen LogP contribution in [0.5, 0.6) is 5.75 Å². The molecule has 0 aliphatic rings. The second-order valence-corrected chi connectivity index (χ2v) is 7.31. The predicted molar refractivity (Wildman–Crippen MR) is 103 cm³/mol. The number of methoxy groups -OCH3 is 1. The van der Waals surface area contributed by atoms with E-state index in [-0.39, 0.29) is 28.4 Å². The van der Waals surface area contributed by atoms with Crippen molar-refractivity contribution in [3.63, 3.8) is 0 Å². The summed E-state index contributed by atoms with van der Waals surface area (Å²) in [6.45, 7) is 5.39. The predicted octanol–water partition coefficient (Wildman–Crippen LogP) is 3.44. The zero-order chi connectivity index (χ0) is 20.6. The molecule has 3 aromatic rings. The van der Waals surface area contributed by atoms with Gasteiger partial charge in [0.15, 0.2) is 17.7 Å². The number of hydrogen-bond acceptors (Lipinski definition) is 8. The summed E-state index contributed by atoms with van der Waals surface area (Å²) in [6.07, 6.45) is -0.762. The molecule has 0 fully saturated rings. The monoisotopic (exact) mass is 403 g/mol. The Kier molecular flexibility index (Phi) is 5.14. The highest BCUT2D eigenvalue weighted by molar-refractivity contribution is 7.18. The van der Waals surface area contributed by atoms with Gasteiger partial charge < -0.3 is 14.5 Å². The van der Waals surface area contributed by atoms with E-state index in [1.54, 1.807) is 6.92 Å². The van der Waals surface area contributed by atoms with Gasteiger partial charge in [0, 0.05) is 10.9 Å². The first-order chi connectivity index (χ1) is 13.2. The summed E-state index contributed by atoms with van der Waals surface area (Å²) in [7, 11) is 1.19. The van der Waals surface area contributed by atoms with E-state index >= 15 is 0 Å². The summed E-state index contributed by atoms with van der Waals surface area (Å²) in [5.41, 5.74) is 0.239. The first kappa shape index (κ1) is 19.5. The van der Waals surface area contributed by atoms with E-state index in [1.807, 2.05) is 13.8 Å². The van der Waals surface area contributed by atoms with Crippen molar-refractivity contribution in [1.29, 1.82) is 0 Å². The van der Waals surface area contributed by atoms with E-state index in [0.29, 0.717) is 10.2 Å². The van der Waals surface area contributed by atoms with Gasteiger partial charge in [0.2, 0.25) is 0 Å². The molecule has 1 N–H and O–H groups in total. The lowest BCUT2D eigenvalue weighted by Crippen LogP contribution is -2.16. The summed E-state index contributed by atoms with van der Waals surface area (Å²) < 4.78 is 10.3. The highest BCUT2D eigenvalue weighted by Crippen LogP contribution is 2.32. The number of aromatic nitrogens is 2. The Labute approximate surface area is 163 Å². The minimum absolute atomic E-state index is 0.0340. The number of nitro groups is 1. The maximum Gasteiger partial charge on any atom is 0.338 e. The van der Waals surface area contributed by atoms with Gasteiger partial charge in [-0.1, -0.05) is 0 Å². The quantitative estimate of drug-likeness (QED) is 0.393. The Morgan fingerprint density at radius 1 is 1.36 bits per heavy atom. The Hall–Kier alpha value is -3.27. The molecule has 146 valence electrons. The van der Waals surface area contributed by atoms with Crippen molar-refractivity contribution < 1.29 is 19.2 Å². The van der Waals surface area contributed by atoms with Gasteiger partial charge in [-0.2, -0.15) is 0 Å². The number of aromatic amines is 1. The number of benzene rings is 1. The summed E-state index contributed by atoms with van der Waals surface area (Å²) in [4.78, 5) is 43.4. The lowest BCUT2D eigenvalue weighted by Gasteiger charge is -2.14. The van der Waals surface area contributed by atoms with Crippen molar-refractivity contribution in [3.05, 3.63) is 60.5 Å². The fourth-order valence-corrected chi connectivity index (χ4v) is 3.75. The third kappa shape index (κ3) is 3.46. The van der Waals surface area contributed by atoms with Crippen LogP contribution in [0.15, 0.2) is 23.0 Å². The fraction of sp³-hybridized carbons (Fsp3) is 0.278. The standard InChI is InChI=1S/C18H17N3O6S/c1-8-10(3)28-17-14(8)16(22)19-15(20-17)9(2)27-13-6-5-11(18(23)26-4)7-12(13)21(24)25/h5-7,9H,1-4H3,(H,19,20,22)/t9-/m0/s1. The number of esters is 1. The number of nitro benzene ring substituents is 1. The highest BCUT2D eigenvalue weighted by atomic mass is 32.1. The highest BCUT2D eigenvalue weighted by Gasteiger charge is 2.23. The molecule has 1 aromatic carbocycles. The van der Waals surface area contributed by atoms with Gasteiger partial charge in [-0.05, 0) is 38.5 Å². The topological polar surface area (TPSA) is 124 Å². The van der Waals surface area contributed by atoms with Crippen LogP contribution >= 0.6 is 11.3 Å². The van der Waals surface area contributed by atoms with Gasteiger partial charge in [-0.3, -0.25) is 14.9 Å². The van der Waals surface area contributed by atoms with E-state index in [1.165, 1.54) is 30.6 Å². The number of hydrogen-bond donors (Lipinski definition) is 1. The molecule has 0 aliphatic carbocycles. The van der Waals surface area contributed by atoms with E-state index in [9.17, 15) is 19.7 Å². The van der Waals surface area contributed by atoms with E-state index in [4.69, 9.17) is 4.74 Å². The van der Waals surface area contributed by atoms with Crippen LogP contribution in [0.1, 0.15) is 39.7 Å².